The maximum atomic E-state index is 12.9. The molecule has 172 valence electrons. The maximum Gasteiger partial charge on any atom is 0.263 e. The molecule has 1 unspecified atom stereocenters. The summed E-state index contributed by atoms with van der Waals surface area (Å²) in [6, 6.07) is 10.6. The molecule has 2 heterocycles. The van der Waals surface area contributed by atoms with Gasteiger partial charge in [-0.3, -0.25) is 14.4 Å². The van der Waals surface area contributed by atoms with E-state index in [1.165, 1.54) is 18.2 Å². The van der Waals surface area contributed by atoms with Crippen molar-refractivity contribution in [3.8, 4) is 0 Å². The molecule has 1 N–H and O–H groups in total. The standard InChI is InChI=1S/C22H25Cl2N3O4S/c23-17-5-8-20(24)21(14-17)32(29,30)25-18-6-3-16(4-7-18)22(28)27-11-9-26(10-12-27)15-19-2-1-13-31-19/h3-8,14,19,25H,1-2,9-13,15H2. The molecule has 7 nitrogen and oxygen atoms in total. The van der Waals surface area contributed by atoms with Gasteiger partial charge in [-0.05, 0) is 55.3 Å². The van der Waals surface area contributed by atoms with E-state index in [1.807, 2.05) is 4.90 Å². The number of amides is 1. The van der Waals surface area contributed by atoms with E-state index >= 15 is 0 Å². The molecule has 32 heavy (non-hydrogen) atoms. The van der Waals surface area contributed by atoms with E-state index in [0.29, 0.717) is 30.4 Å². The normalized spacial score (nSPS) is 19.8. The summed E-state index contributed by atoms with van der Waals surface area (Å²) in [5, 5.41) is 0.346. The highest BCUT2D eigenvalue weighted by Crippen LogP contribution is 2.27. The predicted molar refractivity (Wildman–Crippen MR) is 125 cm³/mol. The maximum absolute atomic E-state index is 12.9. The van der Waals surface area contributed by atoms with Crippen molar-refractivity contribution in [1.82, 2.24) is 9.80 Å². The number of ether oxygens (including phenoxy) is 1. The zero-order valence-electron chi connectivity index (χ0n) is 17.5. The lowest BCUT2D eigenvalue weighted by atomic mass is 10.1. The van der Waals surface area contributed by atoms with Crippen molar-refractivity contribution in [3.05, 3.63) is 58.1 Å². The third kappa shape index (κ3) is 5.55. The van der Waals surface area contributed by atoms with E-state index in [4.69, 9.17) is 27.9 Å². The lowest BCUT2D eigenvalue weighted by Gasteiger charge is -2.35. The first-order chi connectivity index (χ1) is 15.3. The molecule has 0 aliphatic carbocycles. The lowest BCUT2D eigenvalue weighted by Crippen LogP contribution is -2.50. The Morgan fingerprint density at radius 2 is 1.78 bits per heavy atom. The number of benzene rings is 2. The number of piperazine rings is 1. The SMILES string of the molecule is O=C(c1ccc(NS(=O)(=O)c2cc(Cl)ccc2Cl)cc1)N1CCN(CC2CCCO2)CC1. The molecule has 0 bridgehead atoms. The molecule has 1 amide bonds. The third-order valence-electron chi connectivity index (χ3n) is 5.71. The highest BCUT2D eigenvalue weighted by Gasteiger charge is 2.25. The monoisotopic (exact) mass is 497 g/mol. The number of rotatable bonds is 6. The average Bonchev–Trinajstić information content (AvgIpc) is 3.29. The van der Waals surface area contributed by atoms with Crippen molar-refractivity contribution in [1.29, 1.82) is 0 Å². The second kappa shape index (κ2) is 9.97. The summed E-state index contributed by atoms with van der Waals surface area (Å²) >= 11 is 11.9. The van der Waals surface area contributed by atoms with Gasteiger partial charge in [-0.25, -0.2) is 8.42 Å². The summed E-state index contributed by atoms with van der Waals surface area (Å²) in [6.45, 7) is 4.74. The summed E-state index contributed by atoms with van der Waals surface area (Å²) in [5.41, 5.74) is 0.847. The quantitative estimate of drug-likeness (QED) is 0.657. The number of carbonyl (C=O) groups excluding carboxylic acids is 1. The van der Waals surface area contributed by atoms with Crippen molar-refractivity contribution in [2.75, 3.05) is 44.1 Å². The summed E-state index contributed by atoms with van der Waals surface area (Å²) in [5.74, 6) is -0.0611. The van der Waals surface area contributed by atoms with Crippen LogP contribution in [0.25, 0.3) is 0 Å². The minimum atomic E-state index is -3.91. The highest BCUT2D eigenvalue weighted by molar-refractivity contribution is 7.92. The van der Waals surface area contributed by atoms with Gasteiger partial charge in [0.05, 0.1) is 11.1 Å². The van der Waals surface area contributed by atoms with Gasteiger partial charge in [0.1, 0.15) is 4.90 Å². The number of nitrogens with one attached hydrogen (secondary N) is 1. The molecule has 2 aromatic carbocycles. The molecule has 2 aliphatic heterocycles. The second-order valence-corrected chi connectivity index (χ2v) is 10.5. The van der Waals surface area contributed by atoms with Gasteiger partial charge in [-0.2, -0.15) is 0 Å². The van der Waals surface area contributed by atoms with Gasteiger partial charge in [-0.1, -0.05) is 23.2 Å². The fourth-order valence-electron chi connectivity index (χ4n) is 3.97. The highest BCUT2D eigenvalue weighted by atomic mass is 35.5. The Bertz CT molecular complexity index is 1070. The van der Waals surface area contributed by atoms with Crippen LogP contribution in [-0.2, 0) is 14.8 Å². The molecule has 2 fully saturated rings. The summed E-state index contributed by atoms with van der Waals surface area (Å²) in [6.07, 6.45) is 2.55. The zero-order chi connectivity index (χ0) is 22.7. The van der Waals surface area contributed by atoms with Crippen molar-refractivity contribution in [2.24, 2.45) is 0 Å². The van der Waals surface area contributed by atoms with Crippen molar-refractivity contribution >= 4 is 44.8 Å². The summed E-state index contributed by atoms with van der Waals surface area (Å²) in [7, 11) is -3.91. The number of halogens is 2. The Hall–Kier alpha value is -1.84. The van der Waals surface area contributed by atoms with E-state index in [-0.39, 0.29) is 20.8 Å². The van der Waals surface area contributed by atoms with E-state index < -0.39 is 10.0 Å². The van der Waals surface area contributed by atoms with Gasteiger partial charge < -0.3 is 9.64 Å². The molecule has 1 atom stereocenters. The molecule has 0 spiro atoms. The Balaban J connectivity index is 1.35. The molecule has 0 radical (unpaired) electrons. The Kier molecular flexibility index (Phi) is 7.27. The third-order valence-corrected chi connectivity index (χ3v) is 7.81. The number of hydrogen-bond acceptors (Lipinski definition) is 5. The minimum absolute atomic E-state index is 0.0611. The predicted octanol–water partition coefficient (Wildman–Crippen LogP) is 3.73. The van der Waals surface area contributed by atoms with Crippen LogP contribution < -0.4 is 4.72 Å². The first-order valence-electron chi connectivity index (χ1n) is 10.5. The fraction of sp³-hybridized carbons (Fsp3) is 0.409. The van der Waals surface area contributed by atoms with Gasteiger partial charge in [0, 0.05) is 55.6 Å². The molecular formula is C22H25Cl2N3O4S. The number of anilines is 1. The molecule has 2 aliphatic rings. The van der Waals surface area contributed by atoms with E-state index in [2.05, 4.69) is 9.62 Å². The first-order valence-corrected chi connectivity index (χ1v) is 12.8. The van der Waals surface area contributed by atoms with Gasteiger partial charge in [0.15, 0.2) is 0 Å². The van der Waals surface area contributed by atoms with Gasteiger partial charge in [-0.15, -0.1) is 0 Å². The Morgan fingerprint density at radius 1 is 1.06 bits per heavy atom. The smallest absolute Gasteiger partial charge is 0.263 e. The van der Waals surface area contributed by atoms with Crippen LogP contribution in [0.3, 0.4) is 0 Å². The molecule has 0 saturated carbocycles. The van der Waals surface area contributed by atoms with Gasteiger partial charge in [0.25, 0.3) is 15.9 Å². The number of sulfonamides is 1. The molecule has 10 heteroatoms. The van der Waals surface area contributed by atoms with Gasteiger partial charge >= 0.3 is 0 Å². The van der Waals surface area contributed by atoms with Crippen LogP contribution in [0.15, 0.2) is 47.4 Å². The summed E-state index contributed by atoms with van der Waals surface area (Å²) in [4.78, 5) is 16.9. The largest absolute Gasteiger partial charge is 0.377 e. The van der Waals surface area contributed by atoms with Crippen molar-refractivity contribution < 1.29 is 17.9 Å². The number of carbonyl (C=O) groups is 1. The Morgan fingerprint density at radius 3 is 2.44 bits per heavy atom. The topological polar surface area (TPSA) is 79.0 Å². The average molecular weight is 498 g/mol. The number of nitrogens with zero attached hydrogens (tertiary/aromatic N) is 2. The second-order valence-electron chi connectivity index (χ2n) is 7.99. The van der Waals surface area contributed by atoms with Crippen LogP contribution in [0.1, 0.15) is 23.2 Å². The molecule has 2 saturated heterocycles. The lowest BCUT2D eigenvalue weighted by molar-refractivity contribution is 0.0433. The van der Waals surface area contributed by atoms with Crippen LogP contribution in [0.2, 0.25) is 10.0 Å². The van der Waals surface area contributed by atoms with Crippen LogP contribution in [0, 0.1) is 0 Å². The van der Waals surface area contributed by atoms with E-state index in [9.17, 15) is 13.2 Å². The molecule has 4 rings (SSSR count). The van der Waals surface area contributed by atoms with Gasteiger partial charge in [0.2, 0.25) is 0 Å². The van der Waals surface area contributed by atoms with Crippen LogP contribution >= 0.6 is 23.2 Å². The zero-order valence-corrected chi connectivity index (χ0v) is 19.8. The van der Waals surface area contributed by atoms with E-state index in [1.54, 1.807) is 24.3 Å². The van der Waals surface area contributed by atoms with Crippen molar-refractivity contribution in [3.63, 3.8) is 0 Å². The van der Waals surface area contributed by atoms with Crippen molar-refractivity contribution in [2.45, 2.75) is 23.8 Å². The summed E-state index contributed by atoms with van der Waals surface area (Å²) < 4.78 is 33.5. The van der Waals surface area contributed by atoms with E-state index in [0.717, 1.165) is 39.1 Å². The first kappa shape index (κ1) is 23.3. The molecule has 0 aromatic heterocycles. The van der Waals surface area contributed by atoms with Crippen LogP contribution in [0.4, 0.5) is 5.69 Å². The Labute approximate surface area is 198 Å². The van der Waals surface area contributed by atoms with Crippen LogP contribution in [0.5, 0.6) is 0 Å². The van der Waals surface area contributed by atoms with Crippen LogP contribution in [-0.4, -0.2) is 69.6 Å². The molecule has 2 aromatic rings. The minimum Gasteiger partial charge on any atom is -0.377 e. The fourth-order valence-corrected chi connectivity index (χ4v) is 5.79. The molecular weight excluding hydrogens is 473 g/mol. The number of hydrogen-bond donors (Lipinski definition) is 1.